The van der Waals surface area contributed by atoms with Gasteiger partial charge in [-0.05, 0) is 0 Å². The maximum atomic E-state index is 5.20. The normalized spacial score (nSPS) is 9.33. The van der Waals surface area contributed by atoms with Gasteiger partial charge >= 0.3 is 0 Å². The molecule has 0 saturated carbocycles. The van der Waals surface area contributed by atoms with Gasteiger partial charge in [-0.15, -0.1) is 12.6 Å². The lowest BCUT2D eigenvalue weighted by Gasteiger charge is -1.90. The zero-order valence-electron chi connectivity index (χ0n) is 2.99. The molecule has 0 radical (unpaired) electrons. The summed E-state index contributed by atoms with van der Waals surface area (Å²) in [5.74, 6) is 0. The van der Waals surface area contributed by atoms with Crippen molar-refractivity contribution in [3.8, 4) is 0 Å². The summed E-state index contributed by atoms with van der Waals surface area (Å²) < 4.78 is 0. The highest BCUT2D eigenvalue weighted by molar-refractivity contribution is 7.84. The molecule has 0 rings (SSSR count). The summed E-state index contributed by atoms with van der Waals surface area (Å²) in [5.41, 5.74) is 0. The molecule has 0 aliphatic carbocycles. The molecule has 0 atom stereocenters. The Balaban J connectivity index is 3.26. The van der Waals surface area contributed by atoms with Crippen molar-refractivity contribution in [2.24, 2.45) is 0 Å². The van der Waals surface area contributed by atoms with Gasteiger partial charge in [0.2, 0.25) is 0 Å². The van der Waals surface area contributed by atoms with Gasteiger partial charge in [-0.3, -0.25) is 0 Å². The Morgan fingerprint density at radius 2 is 1.83 bits per heavy atom. The van der Waals surface area contributed by atoms with Crippen LogP contribution in [0.4, 0.5) is 0 Å². The monoisotopic (exact) mass is 142 g/mol. The Morgan fingerprint density at radius 1 is 1.67 bits per heavy atom. The molecular weight excluding hydrogens is 139 g/mol. The van der Waals surface area contributed by atoms with Crippen LogP contribution in [0.15, 0.2) is 11.5 Å². The first-order valence-corrected chi connectivity index (χ1v) is 2.62. The molecule has 0 aliphatic heterocycles. The third-order valence-electron chi connectivity index (χ3n) is 0.252. The predicted octanol–water partition coefficient (Wildman–Crippen LogP) is 2.23. The fraction of sp³-hybridized carbons (Fsp3) is 0.333. The standard InChI is InChI=1S/C3H4Cl2S/c1-2(6)3(4)5/h3,6H,1H2. The van der Waals surface area contributed by atoms with Crippen LogP contribution >= 0.6 is 35.8 Å². The Hall–Kier alpha value is 0.670. The molecule has 0 aromatic carbocycles. The van der Waals surface area contributed by atoms with Crippen molar-refractivity contribution in [3.63, 3.8) is 0 Å². The van der Waals surface area contributed by atoms with Crippen LogP contribution < -0.4 is 0 Å². The summed E-state index contributed by atoms with van der Waals surface area (Å²) in [4.78, 5) is -0.0494. The second kappa shape index (κ2) is 2.78. The molecule has 0 aromatic rings. The molecule has 0 spiro atoms. The van der Waals surface area contributed by atoms with Crippen LogP contribution in [-0.4, -0.2) is 4.84 Å². The molecule has 0 N–H and O–H groups in total. The Kier molecular flexibility index (Phi) is 3.09. The van der Waals surface area contributed by atoms with Crippen molar-refractivity contribution in [2.75, 3.05) is 0 Å². The molecule has 0 amide bonds. The average molecular weight is 143 g/mol. The highest BCUT2D eigenvalue weighted by Gasteiger charge is 1.94. The Labute approximate surface area is 52.5 Å². The topological polar surface area (TPSA) is 0 Å². The molecule has 0 aromatic heterocycles. The molecule has 0 bridgehead atoms. The number of rotatable bonds is 1. The van der Waals surface area contributed by atoms with E-state index in [1.807, 2.05) is 0 Å². The van der Waals surface area contributed by atoms with E-state index in [4.69, 9.17) is 23.2 Å². The number of hydrogen-bond donors (Lipinski definition) is 1. The predicted molar refractivity (Wildman–Crippen MR) is 33.6 cm³/mol. The molecule has 0 saturated heterocycles. The molecular formula is C3H4Cl2S. The van der Waals surface area contributed by atoms with E-state index in [1.54, 1.807) is 0 Å². The second-order valence-electron chi connectivity index (χ2n) is 0.792. The van der Waals surface area contributed by atoms with Gasteiger partial charge in [-0.1, -0.05) is 29.8 Å². The minimum Gasteiger partial charge on any atom is -0.146 e. The largest absolute Gasteiger partial charge is 0.146 e. The molecule has 3 heteroatoms. The smallest absolute Gasteiger partial charge is 0.137 e. The van der Waals surface area contributed by atoms with Crippen LogP contribution in [-0.2, 0) is 0 Å². The molecule has 0 fully saturated rings. The van der Waals surface area contributed by atoms with E-state index in [1.165, 1.54) is 0 Å². The number of thiol groups is 1. The second-order valence-corrected chi connectivity index (χ2v) is 2.46. The van der Waals surface area contributed by atoms with Crippen LogP contribution in [0.1, 0.15) is 0 Å². The van der Waals surface area contributed by atoms with E-state index in [0.717, 1.165) is 0 Å². The van der Waals surface area contributed by atoms with Crippen molar-refractivity contribution in [3.05, 3.63) is 11.5 Å². The third-order valence-corrected chi connectivity index (χ3v) is 1.34. The molecule has 0 aliphatic rings. The van der Waals surface area contributed by atoms with Crippen LogP contribution in [0.25, 0.3) is 0 Å². The van der Waals surface area contributed by atoms with E-state index in [0.29, 0.717) is 4.91 Å². The van der Waals surface area contributed by atoms with Gasteiger partial charge in [0.15, 0.2) is 0 Å². The SMILES string of the molecule is C=C(S)C(Cl)Cl. The minimum atomic E-state index is -0.534. The van der Waals surface area contributed by atoms with Crippen molar-refractivity contribution >= 4 is 35.8 Å². The van der Waals surface area contributed by atoms with Crippen molar-refractivity contribution in [1.82, 2.24) is 0 Å². The van der Waals surface area contributed by atoms with Gasteiger partial charge in [0, 0.05) is 4.91 Å². The van der Waals surface area contributed by atoms with Crippen LogP contribution in [0.3, 0.4) is 0 Å². The van der Waals surface area contributed by atoms with E-state index < -0.39 is 4.84 Å². The van der Waals surface area contributed by atoms with Gasteiger partial charge in [-0.25, -0.2) is 0 Å². The molecule has 6 heavy (non-hydrogen) atoms. The summed E-state index contributed by atoms with van der Waals surface area (Å²) in [6, 6.07) is 0. The summed E-state index contributed by atoms with van der Waals surface area (Å²) in [5, 5.41) is 0. The fourth-order valence-electron chi connectivity index (χ4n) is 0. The fourth-order valence-corrected chi connectivity index (χ4v) is 0. The van der Waals surface area contributed by atoms with E-state index in [9.17, 15) is 0 Å². The van der Waals surface area contributed by atoms with E-state index in [-0.39, 0.29) is 0 Å². The van der Waals surface area contributed by atoms with E-state index >= 15 is 0 Å². The average Bonchev–Trinajstić information content (AvgIpc) is 1.36. The Bertz CT molecular complexity index is 59.8. The quantitative estimate of drug-likeness (QED) is 0.422. The summed E-state index contributed by atoms with van der Waals surface area (Å²) in [6.45, 7) is 3.35. The molecule has 36 valence electrons. The van der Waals surface area contributed by atoms with Crippen molar-refractivity contribution < 1.29 is 0 Å². The van der Waals surface area contributed by atoms with Gasteiger partial charge in [0.1, 0.15) is 4.84 Å². The van der Waals surface area contributed by atoms with Crippen molar-refractivity contribution in [1.29, 1.82) is 0 Å². The maximum absolute atomic E-state index is 5.20. The first kappa shape index (κ1) is 6.67. The molecule has 0 nitrogen and oxygen atoms in total. The summed E-state index contributed by atoms with van der Waals surface area (Å²) in [6.07, 6.45) is 0. The van der Waals surface area contributed by atoms with Crippen LogP contribution in [0.5, 0.6) is 0 Å². The molecule has 0 heterocycles. The van der Waals surface area contributed by atoms with Gasteiger partial charge in [0.25, 0.3) is 0 Å². The van der Waals surface area contributed by atoms with Gasteiger partial charge in [0.05, 0.1) is 0 Å². The van der Waals surface area contributed by atoms with Gasteiger partial charge < -0.3 is 0 Å². The highest BCUT2D eigenvalue weighted by Crippen LogP contribution is 2.14. The number of allylic oxidation sites excluding steroid dienone is 1. The summed E-state index contributed by atoms with van der Waals surface area (Å²) >= 11 is 14.1. The first-order valence-electron chi connectivity index (χ1n) is 1.30. The number of hydrogen-bond acceptors (Lipinski definition) is 1. The van der Waals surface area contributed by atoms with E-state index in [2.05, 4.69) is 19.2 Å². The van der Waals surface area contributed by atoms with Crippen LogP contribution in [0.2, 0.25) is 0 Å². The zero-order valence-corrected chi connectivity index (χ0v) is 5.39. The lowest BCUT2D eigenvalue weighted by molar-refractivity contribution is 1.59. The third kappa shape index (κ3) is 2.88. The first-order chi connectivity index (χ1) is 2.64. The highest BCUT2D eigenvalue weighted by atomic mass is 35.5. The lowest BCUT2D eigenvalue weighted by Crippen LogP contribution is -1.79. The lowest BCUT2D eigenvalue weighted by atomic mass is 10.7. The number of alkyl halides is 2. The molecule has 0 unspecified atom stereocenters. The van der Waals surface area contributed by atoms with Gasteiger partial charge in [-0.2, -0.15) is 0 Å². The summed E-state index contributed by atoms with van der Waals surface area (Å²) in [7, 11) is 0. The zero-order chi connectivity index (χ0) is 5.15. The maximum Gasteiger partial charge on any atom is 0.137 e. The minimum absolute atomic E-state index is 0.485. The number of halogens is 2. The van der Waals surface area contributed by atoms with Crippen molar-refractivity contribution in [2.45, 2.75) is 4.84 Å². The van der Waals surface area contributed by atoms with Crippen LogP contribution in [0, 0.1) is 0 Å². The Morgan fingerprint density at radius 3 is 1.83 bits per heavy atom.